The molecule has 112 valence electrons. The van der Waals surface area contributed by atoms with Crippen LogP contribution in [0.1, 0.15) is 32.3 Å². The molecule has 0 radical (unpaired) electrons. The van der Waals surface area contributed by atoms with Crippen molar-refractivity contribution in [3.05, 3.63) is 22.3 Å². The zero-order chi connectivity index (χ0) is 14.4. The summed E-state index contributed by atoms with van der Waals surface area (Å²) < 4.78 is 1.06. The number of hydrogen-bond donors (Lipinski definition) is 1. The third-order valence-electron chi connectivity index (χ3n) is 3.55. The Morgan fingerprint density at radius 2 is 2.35 bits per heavy atom. The maximum Gasteiger partial charge on any atom is 0.133 e. The highest BCUT2D eigenvalue weighted by molar-refractivity contribution is 9.10. The number of nitrogens with one attached hydrogen (secondary N) is 1. The number of hydrogen-bond acceptors (Lipinski definition) is 4. The van der Waals surface area contributed by atoms with E-state index in [4.69, 9.17) is 0 Å². The van der Waals surface area contributed by atoms with Crippen LogP contribution in [0.25, 0.3) is 0 Å². The number of halogens is 1. The Labute approximate surface area is 135 Å². The van der Waals surface area contributed by atoms with E-state index in [0.717, 1.165) is 48.1 Å². The molecule has 0 aliphatic carbocycles. The van der Waals surface area contributed by atoms with E-state index in [9.17, 15) is 0 Å². The van der Waals surface area contributed by atoms with E-state index in [1.54, 1.807) is 0 Å². The standard InChI is InChI=1S/C15H24BrN3S/c1-3-5-17-9-12-8-13(16)10-18-15(12)19-6-7-20-14(4-2)11-19/h8,10,14,17H,3-7,9,11H2,1-2H3. The molecule has 1 N–H and O–H groups in total. The van der Waals surface area contributed by atoms with E-state index in [0.29, 0.717) is 0 Å². The highest BCUT2D eigenvalue weighted by atomic mass is 79.9. The van der Waals surface area contributed by atoms with Gasteiger partial charge in [-0.3, -0.25) is 0 Å². The molecule has 3 nitrogen and oxygen atoms in total. The quantitative estimate of drug-likeness (QED) is 0.786. The number of anilines is 1. The molecule has 5 heteroatoms. The molecule has 1 atom stereocenters. The van der Waals surface area contributed by atoms with Crippen LogP contribution in [0.3, 0.4) is 0 Å². The molecule has 0 saturated carbocycles. The minimum atomic E-state index is 0.741. The zero-order valence-corrected chi connectivity index (χ0v) is 14.8. The highest BCUT2D eigenvalue weighted by Gasteiger charge is 2.22. The molecule has 0 spiro atoms. The fourth-order valence-electron chi connectivity index (χ4n) is 2.45. The summed E-state index contributed by atoms with van der Waals surface area (Å²) in [5, 5.41) is 4.23. The molecular formula is C15H24BrN3S. The molecule has 2 heterocycles. The van der Waals surface area contributed by atoms with E-state index in [2.05, 4.69) is 62.8 Å². The van der Waals surface area contributed by atoms with Gasteiger partial charge in [0.05, 0.1) is 0 Å². The van der Waals surface area contributed by atoms with Crippen LogP contribution in [0.15, 0.2) is 16.7 Å². The summed E-state index contributed by atoms with van der Waals surface area (Å²) in [7, 11) is 0. The molecule has 0 aromatic carbocycles. The van der Waals surface area contributed by atoms with Crippen LogP contribution in [0, 0.1) is 0 Å². The summed E-state index contributed by atoms with van der Waals surface area (Å²) in [5.41, 5.74) is 1.30. The number of pyridine rings is 1. The molecule has 1 fully saturated rings. The van der Waals surface area contributed by atoms with Crippen LogP contribution in [0.5, 0.6) is 0 Å². The largest absolute Gasteiger partial charge is 0.354 e. The van der Waals surface area contributed by atoms with Crippen molar-refractivity contribution in [3.63, 3.8) is 0 Å². The lowest BCUT2D eigenvalue weighted by Crippen LogP contribution is -2.39. The van der Waals surface area contributed by atoms with Crippen molar-refractivity contribution in [1.82, 2.24) is 10.3 Å². The van der Waals surface area contributed by atoms with Gasteiger partial charge in [-0.2, -0.15) is 11.8 Å². The molecule has 1 unspecified atom stereocenters. The Balaban J connectivity index is 2.12. The Morgan fingerprint density at radius 1 is 1.50 bits per heavy atom. The fourth-order valence-corrected chi connectivity index (χ4v) is 4.01. The fraction of sp³-hybridized carbons (Fsp3) is 0.667. The van der Waals surface area contributed by atoms with Crippen molar-refractivity contribution in [2.45, 2.75) is 38.5 Å². The Hall–Kier alpha value is -0.260. The summed E-state index contributed by atoms with van der Waals surface area (Å²) in [6, 6.07) is 2.20. The summed E-state index contributed by atoms with van der Waals surface area (Å²) in [4.78, 5) is 7.14. The van der Waals surface area contributed by atoms with E-state index < -0.39 is 0 Å². The summed E-state index contributed by atoms with van der Waals surface area (Å²) in [6.45, 7) is 8.66. The average molecular weight is 358 g/mol. The van der Waals surface area contributed by atoms with E-state index in [1.807, 2.05) is 6.20 Å². The number of thioether (sulfide) groups is 1. The monoisotopic (exact) mass is 357 g/mol. The first-order valence-corrected chi connectivity index (χ1v) is 9.30. The third kappa shape index (κ3) is 4.37. The van der Waals surface area contributed by atoms with Gasteiger partial charge in [-0.05, 0) is 41.4 Å². The first-order chi connectivity index (χ1) is 9.74. The van der Waals surface area contributed by atoms with Crippen molar-refractivity contribution in [2.75, 3.05) is 30.3 Å². The van der Waals surface area contributed by atoms with E-state index >= 15 is 0 Å². The van der Waals surface area contributed by atoms with Gasteiger partial charge in [0.15, 0.2) is 0 Å². The van der Waals surface area contributed by atoms with Gasteiger partial charge >= 0.3 is 0 Å². The van der Waals surface area contributed by atoms with Crippen molar-refractivity contribution < 1.29 is 0 Å². The van der Waals surface area contributed by atoms with Gasteiger partial charge in [0.1, 0.15) is 5.82 Å². The minimum Gasteiger partial charge on any atom is -0.354 e. The van der Waals surface area contributed by atoms with Crippen LogP contribution >= 0.6 is 27.7 Å². The molecule has 0 bridgehead atoms. The maximum atomic E-state index is 4.68. The van der Waals surface area contributed by atoms with Crippen LogP contribution in [-0.4, -0.2) is 35.6 Å². The molecule has 1 aromatic heterocycles. The molecular weight excluding hydrogens is 334 g/mol. The first-order valence-electron chi connectivity index (χ1n) is 7.46. The van der Waals surface area contributed by atoms with Gasteiger partial charge in [0.25, 0.3) is 0 Å². The lowest BCUT2D eigenvalue weighted by molar-refractivity contribution is 0.664. The second-order valence-corrected chi connectivity index (χ2v) is 7.48. The van der Waals surface area contributed by atoms with Gasteiger partial charge in [-0.1, -0.05) is 13.8 Å². The van der Waals surface area contributed by atoms with Gasteiger partial charge in [-0.25, -0.2) is 4.98 Å². The predicted octanol–water partition coefficient (Wildman–Crippen LogP) is 3.68. The molecule has 1 aromatic rings. The molecule has 0 amide bonds. The van der Waals surface area contributed by atoms with Gasteiger partial charge in [0, 0.05) is 46.9 Å². The van der Waals surface area contributed by atoms with Crippen LogP contribution in [-0.2, 0) is 6.54 Å². The second kappa shape index (κ2) is 8.25. The summed E-state index contributed by atoms with van der Waals surface area (Å²) >= 11 is 5.64. The van der Waals surface area contributed by atoms with Crippen LogP contribution in [0.2, 0.25) is 0 Å². The van der Waals surface area contributed by atoms with Crippen molar-refractivity contribution >= 4 is 33.5 Å². The molecule has 1 saturated heterocycles. The SMILES string of the molecule is CCCNCc1cc(Br)cnc1N1CCSC(CC)C1. The molecule has 1 aliphatic rings. The smallest absolute Gasteiger partial charge is 0.133 e. The predicted molar refractivity (Wildman–Crippen MR) is 92.7 cm³/mol. The second-order valence-electron chi connectivity index (χ2n) is 5.16. The number of nitrogens with zero attached hydrogens (tertiary/aromatic N) is 2. The Kier molecular flexibility index (Phi) is 6.65. The lowest BCUT2D eigenvalue weighted by atomic mass is 10.2. The first kappa shape index (κ1) is 16.1. The maximum absolute atomic E-state index is 4.68. The number of rotatable bonds is 6. The third-order valence-corrected chi connectivity index (χ3v) is 5.35. The lowest BCUT2D eigenvalue weighted by Gasteiger charge is -2.34. The molecule has 1 aliphatic heterocycles. The van der Waals surface area contributed by atoms with Crippen molar-refractivity contribution in [1.29, 1.82) is 0 Å². The molecule has 20 heavy (non-hydrogen) atoms. The summed E-state index contributed by atoms with van der Waals surface area (Å²) in [6.07, 6.45) is 4.32. The molecule has 2 rings (SSSR count). The zero-order valence-electron chi connectivity index (χ0n) is 12.4. The van der Waals surface area contributed by atoms with Crippen molar-refractivity contribution in [2.24, 2.45) is 0 Å². The normalized spacial score (nSPS) is 19.4. The van der Waals surface area contributed by atoms with Gasteiger partial charge in [0.2, 0.25) is 0 Å². The Bertz CT molecular complexity index is 428. The van der Waals surface area contributed by atoms with Crippen LogP contribution in [0.4, 0.5) is 5.82 Å². The average Bonchev–Trinajstić information content (AvgIpc) is 2.48. The van der Waals surface area contributed by atoms with E-state index in [-0.39, 0.29) is 0 Å². The number of aromatic nitrogens is 1. The van der Waals surface area contributed by atoms with Gasteiger partial charge < -0.3 is 10.2 Å². The van der Waals surface area contributed by atoms with E-state index in [1.165, 1.54) is 17.7 Å². The van der Waals surface area contributed by atoms with Crippen LogP contribution < -0.4 is 10.2 Å². The van der Waals surface area contributed by atoms with Gasteiger partial charge in [-0.15, -0.1) is 0 Å². The van der Waals surface area contributed by atoms with Crippen molar-refractivity contribution in [3.8, 4) is 0 Å². The topological polar surface area (TPSA) is 28.2 Å². The minimum absolute atomic E-state index is 0.741. The summed E-state index contributed by atoms with van der Waals surface area (Å²) in [5.74, 6) is 2.37. The highest BCUT2D eigenvalue weighted by Crippen LogP contribution is 2.28. The Morgan fingerprint density at radius 3 is 3.10 bits per heavy atom.